The third-order valence-corrected chi connectivity index (χ3v) is 3.29. The van der Waals surface area contributed by atoms with Gasteiger partial charge >= 0.3 is 0 Å². The van der Waals surface area contributed by atoms with Gasteiger partial charge in [-0.2, -0.15) is 0 Å². The summed E-state index contributed by atoms with van der Waals surface area (Å²) >= 11 is 0. The Labute approximate surface area is 127 Å². The van der Waals surface area contributed by atoms with E-state index in [2.05, 4.69) is 15.0 Å². The molecule has 3 aromatic rings. The number of aliphatic imine (C=N–C) groups is 1. The van der Waals surface area contributed by atoms with Crippen molar-refractivity contribution in [3.63, 3.8) is 0 Å². The first-order valence-corrected chi connectivity index (χ1v) is 7.12. The third kappa shape index (κ3) is 2.83. The van der Waals surface area contributed by atoms with Crippen molar-refractivity contribution < 1.29 is 4.39 Å². The van der Waals surface area contributed by atoms with E-state index in [9.17, 15) is 4.39 Å². The molecule has 1 heterocycles. The number of benzene rings is 2. The largest absolute Gasteiger partial charge is 0.383 e. The molecule has 3 rings (SSSR count). The fraction of sp³-hybridized carbons (Fsp3) is 0.176. The van der Waals surface area contributed by atoms with E-state index < -0.39 is 0 Å². The molecule has 0 bridgehead atoms. The monoisotopic (exact) mass is 296 g/mol. The molecule has 0 amide bonds. The van der Waals surface area contributed by atoms with Crippen LogP contribution in [0, 0.1) is 5.82 Å². The number of hydrogen-bond acceptors (Lipinski definition) is 2. The maximum absolute atomic E-state index is 13.0. The molecular weight excluding hydrogens is 279 g/mol. The van der Waals surface area contributed by atoms with Crippen molar-refractivity contribution in [3.8, 4) is 11.4 Å². The first kappa shape index (κ1) is 14.3. The van der Waals surface area contributed by atoms with Gasteiger partial charge < -0.3 is 10.7 Å². The van der Waals surface area contributed by atoms with Gasteiger partial charge in [-0.1, -0.05) is 0 Å². The van der Waals surface area contributed by atoms with Gasteiger partial charge in [0.1, 0.15) is 17.5 Å². The van der Waals surface area contributed by atoms with Crippen LogP contribution in [0.5, 0.6) is 0 Å². The van der Waals surface area contributed by atoms with Crippen LogP contribution in [0.2, 0.25) is 0 Å². The molecule has 22 heavy (non-hydrogen) atoms. The van der Waals surface area contributed by atoms with Crippen LogP contribution in [-0.4, -0.2) is 21.8 Å². The van der Waals surface area contributed by atoms with E-state index in [4.69, 9.17) is 5.73 Å². The van der Waals surface area contributed by atoms with Gasteiger partial charge in [0.25, 0.3) is 0 Å². The Hall–Kier alpha value is -2.69. The highest BCUT2D eigenvalue weighted by molar-refractivity contribution is 6.00. The third-order valence-electron chi connectivity index (χ3n) is 3.29. The van der Waals surface area contributed by atoms with Gasteiger partial charge in [-0.25, -0.2) is 9.37 Å². The zero-order chi connectivity index (χ0) is 15.7. The summed E-state index contributed by atoms with van der Waals surface area (Å²) in [5, 5.41) is 0. The van der Waals surface area contributed by atoms with E-state index in [0.717, 1.165) is 22.2 Å². The van der Waals surface area contributed by atoms with Crippen molar-refractivity contribution in [1.29, 1.82) is 0 Å². The molecule has 0 aliphatic rings. The minimum atomic E-state index is -0.264. The molecule has 0 spiro atoms. The summed E-state index contributed by atoms with van der Waals surface area (Å²) in [5.41, 5.74) is 9.40. The highest BCUT2D eigenvalue weighted by Crippen LogP contribution is 2.21. The number of aromatic nitrogens is 2. The lowest BCUT2D eigenvalue weighted by atomic mass is 10.2. The van der Waals surface area contributed by atoms with E-state index in [-0.39, 0.29) is 11.9 Å². The fourth-order valence-electron chi connectivity index (χ4n) is 2.27. The number of nitrogens with two attached hydrogens (primary N) is 1. The van der Waals surface area contributed by atoms with Gasteiger partial charge in [0.2, 0.25) is 0 Å². The van der Waals surface area contributed by atoms with Crippen molar-refractivity contribution in [1.82, 2.24) is 9.97 Å². The van der Waals surface area contributed by atoms with Crippen LogP contribution in [0.1, 0.15) is 19.4 Å². The molecule has 2 aromatic carbocycles. The number of halogens is 1. The predicted octanol–water partition coefficient (Wildman–Crippen LogP) is 3.48. The number of hydrogen-bond donors (Lipinski definition) is 2. The second kappa shape index (κ2) is 5.60. The minimum Gasteiger partial charge on any atom is -0.383 e. The van der Waals surface area contributed by atoms with E-state index in [1.54, 1.807) is 12.1 Å². The average Bonchev–Trinajstić information content (AvgIpc) is 2.90. The second-order valence-electron chi connectivity index (χ2n) is 5.43. The predicted molar refractivity (Wildman–Crippen MR) is 87.3 cm³/mol. The lowest BCUT2D eigenvalue weighted by molar-refractivity contribution is 0.628. The smallest absolute Gasteiger partial charge is 0.138 e. The van der Waals surface area contributed by atoms with Crippen molar-refractivity contribution in [2.45, 2.75) is 19.9 Å². The number of imidazole rings is 1. The quantitative estimate of drug-likeness (QED) is 0.574. The van der Waals surface area contributed by atoms with Crippen LogP contribution in [0.15, 0.2) is 47.5 Å². The Morgan fingerprint density at radius 3 is 2.59 bits per heavy atom. The molecule has 4 nitrogen and oxygen atoms in total. The number of nitrogens with one attached hydrogen (secondary N) is 1. The number of nitrogens with zero attached hydrogens (tertiary/aromatic N) is 2. The number of H-pyrrole nitrogens is 1. The summed E-state index contributed by atoms with van der Waals surface area (Å²) in [6.45, 7) is 3.96. The lowest BCUT2D eigenvalue weighted by Crippen LogP contribution is -2.15. The summed E-state index contributed by atoms with van der Waals surface area (Å²) in [6.07, 6.45) is 0. The summed E-state index contributed by atoms with van der Waals surface area (Å²) in [5.74, 6) is 0.946. The van der Waals surface area contributed by atoms with Gasteiger partial charge in [0.05, 0.1) is 11.0 Å². The second-order valence-corrected chi connectivity index (χ2v) is 5.43. The molecule has 0 fully saturated rings. The van der Waals surface area contributed by atoms with Gasteiger partial charge in [-0.15, -0.1) is 0 Å². The molecule has 0 aliphatic heterocycles. The Bertz CT molecular complexity index is 831. The van der Waals surface area contributed by atoms with Gasteiger partial charge in [0, 0.05) is 17.2 Å². The van der Waals surface area contributed by atoms with Crippen molar-refractivity contribution in [3.05, 3.63) is 53.8 Å². The maximum Gasteiger partial charge on any atom is 0.138 e. The molecule has 0 atom stereocenters. The van der Waals surface area contributed by atoms with Crippen LogP contribution in [0.25, 0.3) is 22.4 Å². The Kier molecular flexibility index (Phi) is 3.63. The van der Waals surface area contributed by atoms with Crippen molar-refractivity contribution >= 4 is 16.9 Å². The van der Waals surface area contributed by atoms with Gasteiger partial charge in [-0.05, 0) is 56.3 Å². The van der Waals surface area contributed by atoms with E-state index in [1.807, 2.05) is 32.0 Å². The summed E-state index contributed by atoms with van der Waals surface area (Å²) in [6, 6.07) is 12.1. The zero-order valence-electron chi connectivity index (χ0n) is 12.5. The standard InChI is InChI=1S/C17H17FN4/c1-10(2)20-16(19)12-5-8-14-15(9-12)22-17(21-14)11-3-6-13(18)7-4-11/h3-10H,1-2H3,(H2,19,20)(H,21,22). The van der Waals surface area contributed by atoms with Crippen molar-refractivity contribution in [2.24, 2.45) is 10.7 Å². The highest BCUT2D eigenvalue weighted by atomic mass is 19.1. The molecule has 5 heteroatoms. The molecule has 0 saturated heterocycles. The first-order valence-electron chi connectivity index (χ1n) is 7.12. The van der Waals surface area contributed by atoms with Crippen LogP contribution in [0.3, 0.4) is 0 Å². The van der Waals surface area contributed by atoms with Gasteiger partial charge in [0.15, 0.2) is 0 Å². The topological polar surface area (TPSA) is 67.1 Å². The average molecular weight is 296 g/mol. The lowest BCUT2D eigenvalue weighted by Gasteiger charge is -2.03. The summed E-state index contributed by atoms with van der Waals surface area (Å²) < 4.78 is 13.0. The molecule has 112 valence electrons. The molecule has 0 aliphatic carbocycles. The first-order chi connectivity index (χ1) is 10.5. The van der Waals surface area contributed by atoms with Crippen molar-refractivity contribution in [2.75, 3.05) is 0 Å². The molecule has 1 aromatic heterocycles. The normalized spacial score (nSPS) is 12.3. The summed E-state index contributed by atoms with van der Waals surface area (Å²) in [4.78, 5) is 12.1. The molecule has 0 radical (unpaired) electrons. The number of amidine groups is 1. The minimum absolute atomic E-state index is 0.146. The molecule has 3 N–H and O–H groups in total. The Morgan fingerprint density at radius 1 is 1.18 bits per heavy atom. The van der Waals surface area contributed by atoms with E-state index >= 15 is 0 Å². The Balaban J connectivity index is 2.02. The number of aromatic amines is 1. The molecule has 0 unspecified atom stereocenters. The van der Waals surface area contributed by atoms with E-state index in [0.29, 0.717) is 11.7 Å². The van der Waals surface area contributed by atoms with Crippen LogP contribution in [-0.2, 0) is 0 Å². The molecular formula is C17H17FN4. The zero-order valence-corrected chi connectivity index (χ0v) is 12.5. The maximum atomic E-state index is 13.0. The fourth-order valence-corrected chi connectivity index (χ4v) is 2.27. The summed E-state index contributed by atoms with van der Waals surface area (Å²) in [7, 11) is 0. The number of fused-ring (bicyclic) bond motifs is 1. The highest BCUT2D eigenvalue weighted by Gasteiger charge is 2.08. The number of rotatable bonds is 3. The Morgan fingerprint density at radius 2 is 1.91 bits per heavy atom. The van der Waals surface area contributed by atoms with Crippen LogP contribution < -0.4 is 5.73 Å². The van der Waals surface area contributed by atoms with E-state index in [1.165, 1.54) is 12.1 Å². The molecule has 0 saturated carbocycles. The van der Waals surface area contributed by atoms with Crippen LogP contribution in [0.4, 0.5) is 4.39 Å². The van der Waals surface area contributed by atoms with Gasteiger partial charge in [-0.3, -0.25) is 4.99 Å². The SMILES string of the molecule is CC(C)N=C(N)c1ccc2nc(-c3ccc(F)cc3)[nH]c2c1. The van der Waals surface area contributed by atoms with Crippen LogP contribution >= 0.6 is 0 Å².